The van der Waals surface area contributed by atoms with Crippen molar-refractivity contribution < 1.29 is 21.6 Å². The van der Waals surface area contributed by atoms with E-state index in [2.05, 4.69) is 9.71 Å². The number of nitrogens with zero attached hydrogens (tertiary/aromatic N) is 1. The van der Waals surface area contributed by atoms with E-state index in [9.17, 15) is 21.6 Å². The van der Waals surface area contributed by atoms with Crippen LogP contribution in [0.25, 0.3) is 0 Å². The first-order valence-electron chi connectivity index (χ1n) is 6.36. The predicted octanol–water partition coefficient (Wildman–Crippen LogP) is 3.84. The van der Waals surface area contributed by atoms with Crippen LogP contribution in [0.15, 0.2) is 33.6 Å². The molecule has 0 aromatic heterocycles. The van der Waals surface area contributed by atoms with Gasteiger partial charge in [0.05, 0.1) is 16.3 Å². The Morgan fingerprint density at radius 1 is 1.23 bits per heavy atom. The Morgan fingerprint density at radius 3 is 2.45 bits per heavy atom. The second-order valence-electron chi connectivity index (χ2n) is 5.04. The Labute approximate surface area is 129 Å². The van der Waals surface area contributed by atoms with Gasteiger partial charge in [-0.25, -0.2) is 0 Å². The lowest BCUT2D eigenvalue weighted by molar-refractivity contribution is -0.137. The summed E-state index contributed by atoms with van der Waals surface area (Å²) in [7, 11) is -4.07. The Hall–Kier alpha value is -1.54. The molecule has 0 amide bonds. The molecule has 1 aromatic carbocycles. The summed E-state index contributed by atoms with van der Waals surface area (Å²) >= 11 is 5.57. The summed E-state index contributed by atoms with van der Waals surface area (Å²) in [5, 5.41) is 2.04. The van der Waals surface area contributed by atoms with E-state index in [0.29, 0.717) is 18.9 Å². The molecule has 3 rings (SSSR count). The van der Waals surface area contributed by atoms with Crippen LogP contribution in [0.5, 0.6) is 0 Å². The zero-order chi connectivity index (χ0) is 16.1. The van der Waals surface area contributed by atoms with Crippen LogP contribution in [-0.4, -0.2) is 14.3 Å². The van der Waals surface area contributed by atoms with Gasteiger partial charge in [-0.1, -0.05) is 23.8 Å². The molecule has 0 saturated heterocycles. The van der Waals surface area contributed by atoms with Crippen molar-refractivity contribution in [1.82, 2.24) is 0 Å². The molecule has 4 nitrogen and oxygen atoms in total. The van der Waals surface area contributed by atoms with Crippen molar-refractivity contribution in [3.05, 3.63) is 34.9 Å². The minimum absolute atomic E-state index is 0.145. The van der Waals surface area contributed by atoms with Crippen LogP contribution in [-0.2, 0) is 16.2 Å². The molecule has 2 aliphatic rings. The number of rotatable bonds is 1. The van der Waals surface area contributed by atoms with Gasteiger partial charge in [-0.05, 0) is 25.0 Å². The third kappa shape index (κ3) is 2.61. The number of hydrogen-bond acceptors (Lipinski definition) is 3. The van der Waals surface area contributed by atoms with E-state index >= 15 is 0 Å². The van der Waals surface area contributed by atoms with Gasteiger partial charge in [-0.15, -0.1) is 4.40 Å². The molecule has 0 fully saturated rings. The van der Waals surface area contributed by atoms with Crippen molar-refractivity contribution in [2.75, 3.05) is 5.32 Å². The number of fused-ring (bicyclic) bond motifs is 1. The lowest BCUT2D eigenvalue weighted by atomic mass is 10.1. The number of nitrogens with one attached hydrogen (secondary N) is 1. The summed E-state index contributed by atoms with van der Waals surface area (Å²) in [5.74, 6) is -0.0131. The van der Waals surface area contributed by atoms with Crippen molar-refractivity contribution in [2.24, 2.45) is 10.3 Å². The van der Waals surface area contributed by atoms with Gasteiger partial charge < -0.3 is 5.32 Å². The number of hydrogen-bond donors (Lipinski definition) is 1. The van der Waals surface area contributed by atoms with Crippen molar-refractivity contribution in [3.63, 3.8) is 0 Å². The fourth-order valence-electron chi connectivity index (χ4n) is 2.44. The molecule has 22 heavy (non-hydrogen) atoms. The van der Waals surface area contributed by atoms with Crippen LogP contribution < -0.4 is 5.32 Å². The normalized spacial score (nSPS) is 20.5. The van der Waals surface area contributed by atoms with Gasteiger partial charge in [0.25, 0.3) is 10.0 Å². The molecular weight excluding hydrogens is 341 g/mol. The molecule has 1 aromatic rings. The van der Waals surface area contributed by atoms with Gasteiger partial charge in [0.1, 0.15) is 10.7 Å². The highest BCUT2D eigenvalue weighted by Gasteiger charge is 2.37. The molecule has 0 spiro atoms. The van der Waals surface area contributed by atoms with Crippen LogP contribution in [0.3, 0.4) is 0 Å². The Balaban J connectivity index is 2.10. The van der Waals surface area contributed by atoms with E-state index in [0.717, 1.165) is 6.07 Å². The fourth-order valence-corrected chi connectivity index (χ4v) is 3.98. The van der Waals surface area contributed by atoms with Crippen molar-refractivity contribution in [3.8, 4) is 0 Å². The molecule has 0 radical (unpaired) electrons. The van der Waals surface area contributed by atoms with Crippen LogP contribution in [0, 0.1) is 5.92 Å². The molecule has 118 valence electrons. The SMILES string of the molecule is O=S1(=O)N=C(C2CC=CC2)Nc2cc(C(F)(F)F)c(Cl)cc21. The summed E-state index contributed by atoms with van der Waals surface area (Å²) in [5.41, 5.74) is -1.23. The number of halogens is 4. The molecule has 0 atom stereocenters. The second-order valence-corrected chi connectivity index (χ2v) is 7.02. The third-order valence-corrected chi connectivity index (χ3v) is 5.17. The van der Waals surface area contributed by atoms with E-state index in [1.807, 2.05) is 12.2 Å². The number of benzene rings is 1. The van der Waals surface area contributed by atoms with Gasteiger partial charge >= 0.3 is 6.18 Å². The second kappa shape index (κ2) is 4.99. The Morgan fingerprint density at radius 2 is 1.86 bits per heavy atom. The van der Waals surface area contributed by atoms with Gasteiger partial charge in [-0.2, -0.15) is 21.6 Å². The number of amidine groups is 1. The topological polar surface area (TPSA) is 58.5 Å². The minimum atomic E-state index is -4.67. The first-order valence-corrected chi connectivity index (χ1v) is 8.18. The minimum Gasteiger partial charge on any atom is -0.342 e. The summed E-state index contributed by atoms with van der Waals surface area (Å²) < 4.78 is 66.7. The first-order chi connectivity index (χ1) is 10.2. The van der Waals surface area contributed by atoms with Crippen molar-refractivity contribution in [1.29, 1.82) is 0 Å². The maximum Gasteiger partial charge on any atom is 0.417 e. The van der Waals surface area contributed by atoms with E-state index in [1.165, 1.54) is 0 Å². The fraction of sp³-hybridized carbons (Fsp3) is 0.308. The monoisotopic (exact) mass is 350 g/mol. The van der Waals surface area contributed by atoms with Gasteiger partial charge in [0.2, 0.25) is 0 Å². The molecule has 1 heterocycles. The Kier molecular flexibility index (Phi) is 3.48. The average molecular weight is 351 g/mol. The van der Waals surface area contributed by atoms with E-state index in [1.54, 1.807) is 0 Å². The molecular formula is C13H10ClF3N2O2S. The van der Waals surface area contributed by atoms with Crippen molar-refractivity contribution >= 4 is 33.1 Å². The molecule has 0 bridgehead atoms. The lowest BCUT2D eigenvalue weighted by Crippen LogP contribution is -2.28. The molecule has 1 aliphatic carbocycles. The van der Waals surface area contributed by atoms with Crippen LogP contribution in [0.4, 0.5) is 18.9 Å². The van der Waals surface area contributed by atoms with Gasteiger partial charge in [-0.3, -0.25) is 0 Å². The highest BCUT2D eigenvalue weighted by atomic mass is 35.5. The largest absolute Gasteiger partial charge is 0.417 e. The van der Waals surface area contributed by atoms with Crippen LogP contribution >= 0.6 is 11.6 Å². The zero-order valence-electron chi connectivity index (χ0n) is 11.0. The smallest absolute Gasteiger partial charge is 0.342 e. The highest BCUT2D eigenvalue weighted by molar-refractivity contribution is 7.90. The number of anilines is 1. The zero-order valence-corrected chi connectivity index (χ0v) is 12.6. The lowest BCUT2D eigenvalue weighted by Gasteiger charge is -2.23. The maximum atomic E-state index is 12.9. The molecule has 1 aliphatic heterocycles. The summed E-state index contributed by atoms with van der Waals surface area (Å²) in [6.45, 7) is 0. The summed E-state index contributed by atoms with van der Waals surface area (Å²) in [6.07, 6.45) is 0.272. The van der Waals surface area contributed by atoms with Crippen LogP contribution in [0.1, 0.15) is 18.4 Å². The molecule has 1 N–H and O–H groups in total. The molecule has 0 saturated carbocycles. The standard InChI is InChI=1S/C13H10ClF3N2O2S/c14-9-6-11-10(5-8(9)13(15,16)17)18-12(19-22(11,20)21)7-3-1-2-4-7/h1-2,5-7H,3-4H2,(H,18,19). The maximum absolute atomic E-state index is 12.9. The van der Waals surface area contributed by atoms with E-state index in [-0.39, 0.29) is 22.3 Å². The number of allylic oxidation sites excluding steroid dienone is 2. The summed E-state index contributed by atoms with van der Waals surface area (Å²) in [6, 6.07) is 1.50. The quantitative estimate of drug-likeness (QED) is 0.783. The number of sulfonamides is 1. The summed E-state index contributed by atoms with van der Waals surface area (Å²) in [4.78, 5) is -0.347. The predicted molar refractivity (Wildman–Crippen MR) is 76.6 cm³/mol. The highest BCUT2D eigenvalue weighted by Crippen LogP contribution is 2.41. The van der Waals surface area contributed by atoms with Crippen molar-refractivity contribution in [2.45, 2.75) is 23.9 Å². The molecule has 9 heteroatoms. The van der Waals surface area contributed by atoms with Gasteiger partial charge in [0.15, 0.2) is 0 Å². The number of alkyl halides is 3. The molecule has 0 unspecified atom stereocenters. The Bertz CT molecular complexity index is 792. The third-order valence-electron chi connectivity index (χ3n) is 3.53. The van der Waals surface area contributed by atoms with E-state index in [4.69, 9.17) is 11.6 Å². The van der Waals surface area contributed by atoms with E-state index < -0.39 is 26.8 Å². The van der Waals surface area contributed by atoms with Gasteiger partial charge in [0, 0.05) is 5.92 Å². The average Bonchev–Trinajstić information content (AvgIpc) is 2.91. The first kappa shape index (κ1) is 15.4. The van der Waals surface area contributed by atoms with Crippen LogP contribution in [0.2, 0.25) is 5.02 Å².